The van der Waals surface area contributed by atoms with Crippen molar-refractivity contribution in [3.8, 4) is 5.75 Å². The van der Waals surface area contributed by atoms with Crippen molar-refractivity contribution in [2.24, 2.45) is 0 Å². The number of amides is 1. The third-order valence-corrected chi connectivity index (χ3v) is 4.43. The number of benzene rings is 1. The molecule has 0 aliphatic carbocycles. The highest BCUT2D eigenvalue weighted by atomic mass is 16.5. The molecule has 1 fully saturated rings. The molecule has 1 aromatic rings. The number of nitrogens with one attached hydrogen (secondary N) is 1. The van der Waals surface area contributed by atoms with Crippen LogP contribution < -0.4 is 10.1 Å². The number of rotatable bonds is 10. The van der Waals surface area contributed by atoms with E-state index in [0.717, 1.165) is 32.2 Å². The van der Waals surface area contributed by atoms with Gasteiger partial charge in [0.05, 0.1) is 18.9 Å². The molecule has 0 unspecified atom stereocenters. The van der Waals surface area contributed by atoms with E-state index in [9.17, 15) is 4.79 Å². The SMILES string of the molecule is CCCCCOc1ccccc1NC(=O)OCCCN1CCCCC1. The Bertz CT molecular complexity index is 501. The van der Waals surface area contributed by atoms with Gasteiger partial charge >= 0.3 is 6.09 Å². The van der Waals surface area contributed by atoms with Gasteiger partial charge in [-0.05, 0) is 50.9 Å². The molecule has 1 heterocycles. The molecule has 1 amide bonds. The summed E-state index contributed by atoms with van der Waals surface area (Å²) in [5.41, 5.74) is 0.667. The van der Waals surface area contributed by atoms with Gasteiger partial charge in [0, 0.05) is 6.54 Å². The fraction of sp³-hybridized carbons (Fsp3) is 0.650. The summed E-state index contributed by atoms with van der Waals surface area (Å²) in [5, 5.41) is 2.79. The quantitative estimate of drug-likeness (QED) is 0.624. The Kier molecular flexibility index (Phi) is 9.19. The van der Waals surface area contributed by atoms with Crippen LogP contribution in [0.1, 0.15) is 51.9 Å². The van der Waals surface area contributed by atoms with Gasteiger partial charge in [-0.2, -0.15) is 0 Å². The minimum atomic E-state index is -0.414. The zero-order chi connectivity index (χ0) is 17.7. The molecule has 5 heteroatoms. The van der Waals surface area contributed by atoms with E-state index in [1.165, 1.54) is 32.4 Å². The Morgan fingerprint density at radius 2 is 1.88 bits per heavy atom. The molecular weight excluding hydrogens is 316 g/mol. The van der Waals surface area contributed by atoms with Crippen molar-refractivity contribution in [3.63, 3.8) is 0 Å². The van der Waals surface area contributed by atoms with Crippen LogP contribution in [0.4, 0.5) is 10.5 Å². The van der Waals surface area contributed by atoms with Gasteiger partial charge in [-0.15, -0.1) is 0 Å². The predicted octanol–water partition coefficient (Wildman–Crippen LogP) is 4.68. The summed E-state index contributed by atoms with van der Waals surface area (Å²) in [6.45, 7) is 6.63. The molecule has 0 spiro atoms. The second kappa shape index (κ2) is 11.7. The number of piperidine rings is 1. The number of hydrogen-bond acceptors (Lipinski definition) is 4. The molecule has 0 radical (unpaired) electrons. The highest BCUT2D eigenvalue weighted by molar-refractivity contribution is 5.86. The van der Waals surface area contributed by atoms with Crippen LogP contribution in [0.3, 0.4) is 0 Å². The first-order chi connectivity index (χ1) is 12.3. The van der Waals surface area contributed by atoms with Crippen LogP contribution in [0.25, 0.3) is 0 Å². The highest BCUT2D eigenvalue weighted by Gasteiger charge is 2.11. The number of anilines is 1. The first kappa shape index (κ1) is 19.6. The normalized spacial score (nSPS) is 14.9. The van der Waals surface area contributed by atoms with E-state index >= 15 is 0 Å². The van der Waals surface area contributed by atoms with Gasteiger partial charge in [-0.1, -0.05) is 38.3 Å². The monoisotopic (exact) mass is 348 g/mol. The second-order valence-corrected chi connectivity index (χ2v) is 6.57. The lowest BCUT2D eigenvalue weighted by atomic mass is 10.1. The first-order valence-electron chi connectivity index (χ1n) is 9.67. The Morgan fingerprint density at radius 3 is 2.68 bits per heavy atom. The summed E-state index contributed by atoms with van der Waals surface area (Å²) >= 11 is 0. The average Bonchev–Trinajstić information content (AvgIpc) is 2.64. The van der Waals surface area contributed by atoms with Gasteiger partial charge in [0.25, 0.3) is 0 Å². The maximum atomic E-state index is 12.0. The third-order valence-electron chi connectivity index (χ3n) is 4.43. The number of para-hydroxylation sites is 2. The zero-order valence-electron chi connectivity index (χ0n) is 15.5. The molecule has 1 aliphatic heterocycles. The van der Waals surface area contributed by atoms with E-state index in [-0.39, 0.29) is 0 Å². The van der Waals surface area contributed by atoms with E-state index in [4.69, 9.17) is 9.47 Å². The van der Waals surface area contributed by atoms with Crippen molar-refractivity contribution >= 4 is 11.8 Å². The predicted molar refractivity (Wildman–Crippen MR) is 101 cm³/mol. The van der Waals surface area contributed by atoms with Crippen molar-refractivity contribution < 1.29 is 14.3 Å². The molecule has 5 nitrogen and oxygen atoms in total. The first-order valence-corrected chi connectivity index (χ1v) is 9.67. The van der Waals surface area contributed by atoms with E-state index in [0.29, 0.717) is 24.7 Å². The van der Waals surface area contributed by atoms with Crippen molar-refractivity contribution in [2.75, 3.05) is 38.2 Å². The second-order valence-electron chi connectivity index (χ2n) is 6.57. The number of likely N-dealkylation sites (tertiary alicyclic amines) is 1. The number of hydrogen-bond donors (Lipinski definition) is 1. The van der Waals surface area contributed by atoms with Gasteiger partial charge in [-0.25, -0.2) is 4.79 Å². The van der Waals surface area contributed by atoms with Gasteiger partial charge < -0.3 is 14.4 Å². The van der Waals surface area contributed by atoms with Gasteiger partial charge in [0.2, 0.25) is 0 Å². The van der Waals surface area contributed by atoms with Crippen LogP contribution in [0.15, 0.2) is 24.3 Å². The Balaban J connectivity index is 1.67. The molecule has 1 saturated heterocycles. The summed E-state index contributed by atoms with van der Waals surface area (Å²) < 4.78 is 11.1. The lowest BCUT2D eigenvalue weighted by molar-refractivity contribution is 0.148. The zero-order valence-corrected chi connectivity index (χ0v) is 15.5. The number of ether oxygens (including phenoxy) is 2. The molecule has 0 aromatic heterocycles. The van der Waals surface area contributed by atoms with Crippen LogP contribution >= 0.6 is 0 Å². The molecule has 2 rings (SSSR count). The largest absolute Gasteiger partial charge is 0.491 e. The van der Waals surface area contributed by atoms with Crippen LogP contribution in [0, 0.1) is 0 Å². The summed E-state index contributed by atoms with van der Waals surface area (Å²) in [6, 6.07) is 7.50. The van der Waals surface area contributed by atoms with E-state index < -0.39 is 6.09 Å². The van der Waals surface area contributed by atoms with Gasteiger partial charge in [0.1, 0.15) is 5.75 Å². The summed E-state index contributed by atoms with van der Waals surface area (Å²) in [5.74, 6) is 0.698. The Hall–Kier alpha value is -1.75. The lowest BCUT2D eigenvalue weighted by Gasteiger charge is -2.26. The molecular formula is C20H32N2O3. The summed E-state index contributed by atoms with van der Waals surface area (Å²) in [4.78, 5) is 14.4. The molecule has 0 saturated carbocycles. The van der Waals surface area contributed by atoms with Crippen LogP contribution in [0.5, 0.6) is 5.75 Å². The number of carbonyl (C=O) groups is 1. The number of unbranched alkanes of at least 4 members (excludes halogenated alkanes) is 2. The minimum Gasteiger partial charge on any atom is -0.491 e. The fourth-order valence-corrected chi connectivity index (χ4v) is 3.01. The average molecular weight is 348 g/mol. The molecule has 25 heavy (non-hydrogen) atoms. The highest BCUT2D eigenvalue weighted by Crippen LogP contribution is 2.24. The number of carbonyl (C=O) groups excluding carboxylic acids is 1. The van der Waals surface area contributed by atoms with Crippen molar-refractivity contribution in [2.45, 2.75) is 51.9 Å². The topological polar surface area (TPSA) is 50.8 Å². The smallest absolute Gasteiger partial charge is 0.411 e. The lowest BCUT2D eigenvalue weighted by Crippen LogP contribution is -2.31. The van der Waals surface area contributed by atoms with Gasteiger partial charge in [-0.3, -0.25) is 5.32 Å². The van der Waals surface area contributed by atoms with Crippen molar-refractivity contribution in [3.05, 3.63) is 24.3 Å². The molecule has 140 valence electrons. The third kappa shape index (κ3) is 7.78. The fourth-order valence-electron chi connectivity index (χ4n) is 3.01. The minimum absolute atomic E-state index is 0.414. The standard InChI is InChI=1S/C20H32N2O3/c1-2-3-9-16-24-19-12-6-5-11-18(19)21-20(23)25-17-10-15-22-13-7-4-8-14-22/h5-6,11-12H,2-4,7-10,13-17H2,1H3,(H,21,23). The number of nitrogens with zero attached hydrogens (tertiary/aromatic N) is 1. The molecule has 1 aliphatic rings. The Labute approximate surface area is 151 Å². The van der Waals surface area contributed by atoms with Crippen LogP contribution in [0.2, 0.25) is 0 Å². The molecule has 0 bridgehead atoms. The van der Waals surface area contributed by atoms with Crippen LogP contribution in [-0.2, 0) is 4.74 Å². The Morgan fingerprint density at radius 1 is 1.08 bits per heavy atom. The summed E-state index contributed by atoms with van der Waals surface area (Å²) in [6.07, 6.45) is 7.71. The van der Waals surface area contributed by atoms with Gasteiger partial charge in [0.15, 0.2) is 0 Å². The molecule has 0 atom stereocenters. The molecule has 1 aromatic carbocycles. The van der Waals surface area contributed by atoms with Crippen molar-refractivity contribution in [1.29, 1.82) is 0 Å². The van der Waals surface area contributed by atoms with Crippen LogP contribution in [-0.4, -0.2) is 43.8 Å². The maximum absolute atomic E-state index is 12.0. The summed E-state index contributed by atoms with van der Waals surface area (Å²) in [7, 11) is 0. The maximum Gasteiger partial charge on any atom is 0.411 e. The molecule has 1 N–H and O–H groups in total. The van der Waals surface area contributed by atoms with E-state index in [1.54, 1.807) is 0 Å². The van der Waals surface area contributed by atoms with E-state index in [1.807, 2.05) is 24.3 Å². The van der Waals surface area contributed by atoms with E-state index in [2.05, 4.69) is 17.1 Å². The van der Waals surface area contributed by atoms with Crippen molar-refractivity contribution in [1.82, 2.24) is 4.90 Å².